The van der Waals surface area contributed by atoms with Crippen LogP contribution >= 0.6 is 0 Å². The van der Waals surface area contributed by atoms with Gasteiger partial charge in [0.2, 0.25) is 0 Å². The number of aliphatic hydroxyl groups excluding tert-OH is 3. The first-order chi connectivity index (χ1) is 13.4. The van der Waals surface area contributed by atoms with Gasteiger partial charge in [-0.15, -0.1) is 0 Å². The highest BCUT2D eigenvalue weighted by atomic mass is 16.5. The summed E-state index contributed by atoms with van der Waals surface area (Å²) < 4.78 is 5.71. The van der Waals surface area contributed by atoms with E-state index >= 15 is 0 Å². The minimum Gasteiger partial charge on any atom is -0.481 e. The second kappa shape index (κ2) is 14.3. The van der Waals surface area contributed by atoms with Crippen molar-refractivity contribution in [2.45, 2.75) is 82.4 Å². The molecule has 1 fully saturated rings. The van der Waals surface area contributed by atoms with Gasteiger partial charge in [0.15, 0.2) is 0 Å². The molecule has 28 heavy (non-hydrogen) atoms. The summed E-state index contributed by atoms with van der Waals surface area (Å²) in [5.41, 5.74) is 0. The number of carboxylic acid groups (broad SMARTS) is 1. The molecule has 0 aliphatic carbocycles. The molecule has 158 valence electrons. The van der Waals surface area contributed by atoms with Crippen molar-refractivity contribution in [2.75, 3.05) is 0 Å². The van der Waals surface area contributed by atoms with Gasteiger partial charge in [-0.1, -0.05) is 55.5 Å². The van der Waals surface area contributed by atoms with E-state index in [9.17, 15) is 20.1 Å². The third-order valence-corrected chi connectivity index (χ3v) is 4.42. The van der Waals surface area contributed by atoms with E-state index < -0.39 is 36.5 Å². The zero-order valence-electron chi connectivity index (χ0n) is 16.6. The van der Waals surface area contributed by atoms with Crippen molar-refractivity contribution < 1.29 is 30.0 Å². The molecule has 5 atom stereocenters. The van der Waals surface area contributed by atoms with Crippen LogP contribution in [0.5, 0.6) is 0 Å². The van der Waals surface area contributed by atoms with Crippen molar-refractivity contribution in [3.63, 3.8) is 0 Å². The van der Waals surface area contributed by atoms with Crippen molar-refractivity contribution >= 4 is 5.97 Å². The van der Waals surface area contributed by atoms with Gasteiger partial charge in [-0.05, 0) is 32.1 Å². The largest absolute Gasteiger partial charge is 0.481 e. The highest BCUT2D eigenvalue weighted by Gasteiger charge is 2.35. The number of rotatable bonds is 13. The van der Waals surface area contributed by atoms with Crippen LogP contribution in [0.25, 0.3) is 0 Å². The first-order valence-corrected chi connectivity index (χ1v) is 9.98. The quantitative estimate of drug-likeness (QED) is 0.358. The molecule has 0 aromatic carbocycles. The summed E-state index contributed by atoms with van der Waals surface area (Å²) in [4.78, 5) is 10.4. The molecule has 1 aliphatic heterocycles. The number of carbonyl (C=O) groups is 1. The van der Waals surface area contributed by atoms with Crippen molar-refractivity contribution in [3.8, 4) is 0 Å². The topological polar surface area (TPSA) is 107 Å². The fourth-order valence-electron chi connectivity index (χ4n) is 2.84. The monoisotopic (exact) mass is 394 g/mol. The van der Waals surface area contributed by atoms with Crippen LogP contribution in [0.15, 0.2) is 48.6 Å². The smallest absolute Gasteiger partial charge is 0.303 e. The van der Waals surface area contributed by atoms with Gasteiger partial charge in [-0.2, -0.15) is 0 Å². The van der Waals surface area contributed by atoms with Gasteiger partial charge >= 0.3 is 5.97 Å². The summed E-state index contributed by atoms with van der Waals surface area (Å²) in [5.74, 6) is -0.805. The summed E-state index contributed by atoms with van der Waals surface area (Å²) in [6.45, 7) is 2.03. The van der Waals surface area contributed by atoms with Crippen molar-refractivity contribution in [1.82, 2.24) is 0 Å². The molecule has 6 heteroatoms. The molecule has 0 bridgehead atoms. The third-order valence-electron chi connectivity index (χ3n) is 4.42. The molecule has 1 saturated heterocycles. The number of aliphatic carboxylic acids is 1. The number of hydrogen-bond acceptors (Lipinski definition) is 5. The summed E-state index contributed by atoms with van der Waals surface area (Å²) in [6.07, 6.45) is 15.3. The fourth-order valence-corrected chi connectivity index (χ4v) is 2.84. The van der Waals surface area contributed by atoms with Gasteiger partial charge in [0.05, 0.1) is 24.4 Å². The molecule has 0 aromatic rings. The Morgan fingerprint density at radius 3 is 2.54 bits per heavy atom. The number of aliphatic hydroxyl groups is 3. The molecule has 0 unspecified atom stereocenters. The number of carboxylic acids is 1. The Morgan fingerprint density at radius 2 is 1.82 bits per heavy atom. The highest BCUT2D eigenvalue weighted by Crippen LogP contribution is 2.25. The zero-order chi connectivity index (χ0) is 20.8. The van der Waals surface area contributed by atoms with Crippen LogP contribution in [0, 0.1) is 0 Å². The molecule has 4 N–H and O–H groups in total. The second-order valence-electron chi connectivity index (χ2n) is 6.92. The van der Waals surface area contributed by atoms with Gasteiger partial charge in [0.1, 0.15) is 6.10 Å². The Balaban J connectivity index is 2.29. The summed E-state index contributed by atoms with van der Waals surface area (Å²) in [6, 6.07) is 0. The maximum Gasteiger partial charge on any atom is 0.303 e. The number of ether oxygens (including phenoxy) is 1. The summed E-state index contributed by atoms with van der Waals surface area (Å²) in [7, 11) is 0. The molecule has 6 nitrogen and oxygen atoms in total. The molecule has 1 heterocycles. The first-order valence-electron chi connectivity index (χ1n) is 9.98. The van der Waals surface area contributed by atoms with E-state index in [2.05, 4.69) is 0 Å². The van der Waals surface area contributed by atoms with E-state index in [1.165, 1.54) is 0 Å². The van der Waals surface area contributed by atoms with Crippen molar-refractivity contribution in [1.29, 1.82) is 0 Å². The zero-order valence-corrected chi connectivity index (χ0v) is 16.6. The normalized spacial score (nSPS) is 25.5. The maximum absolute atomic E-state index is 10.4. The number of allylic oxidation sites excluding steroid dienone is 4. The van der Waals surface area contributed by atoms with E-state index in [-0.39, 0.29) is 6.42 Å². The molecule has 1 rings (SSSR count). The number of hydrogen-bond donors (Lipinski definition) is 4. The van der Waals surface area contributed by atoms with Crippen LogP contribution < -0.4 is 0 Å². The van der Waals surface area contributed by atoms with Gasteiger partial charge in [0, 0.05) is 12.8 Å². The predicted octanol–water partition coefficient (Wildman–Crippen LogP) is 2.90. The lowest BCUT2D eigenvalue weighted by Gasteiger charge is -2.16. The van der Waals surface area contributed by atoms with E-state index in [0.717, 1.165) is 6.42 Å². The fraction of sp³-hybridized carbons (Fsp3) is 0.591. The van der Waals surface area contributed by atoms with Crippen LogP contribution in [0.3, 0.4) is 0 Å². The third kappa shape index (κ3) is 10.6. The van der Waals surface area contributed by atoms with Crippen LogP contribution in [0.2, 0.25) is 0 Å². The average Bonchev–Trinajstić information content (AvgIpc) is 3.03. The van der Waals surface area contributed by atoms with Crippen LogP contribution in [-0.2, 0) is 9.53 Å². The molecule has 0 aromatic heterocycles. The van der Waals surface area contributed by atoms with Crippen LogP contribution in [0.4, 0.5) is 0 Å². The maximum atomic E-state index is 10.4. The summed E-state index contributed by atoms with van der Waals surface area (Å²) in [5, 5.41) is 38.8. The van der Waals surface area contributed by atoms with E-state index in [1.807, 2.05) is 43.4 Å². The average molecular weight is 395 g/mol. The lowest BCUT2D eigenvalue weighted by Crippen LogP contribution is -2.25. The second-order valence-corrected chi connectivity index (χ2v) is 6.92. The van der Waals surface area contributed by atoms with Gasteiger partial charge in [-0.25, -0.2) is 0 Å². The molecular formula is C22H34O6. The Kier molecular flexibility index (Phi) is 12.4. The van der Waals surface area contributed by atoms with E-state index in [0.29, 0.717) is 32.1 Å². The Bertz CT molecular complexity index is 551. The predicted molar refractivity (Wildman–Crippen MR) is 109 cm³/mol. The van der Waals surface area contributed by atoms with Crippen LogP contribution in [0.1, 0.15) is 51.9 Å². The standard InChI is InChI=1S/C22H34O6/c1-2-3-8-12-18(24)21-16-19(25)20(28-21)15-14-17(23)11-9-6-4-5-7-10-13-22(26)27/h3,5-9,14-15,17-21,23-25H,2,4,10-13,16H2,1H3,(H,26,27)/b7-5-,8-3-,9-6-,15-14+/t17-,18-,19+,20-,21-/m0/s1. The Hall–Kier alpha value is -1.73. The van der Waals surface area contributed by atoms with E-state index in [4.69, 9.17) is 9.84 Å². The molecule has 1 aliphatic rings. The van der Waals surface area contributed by atoms with Gasteiger partial charge in [-0.3, -0.25) is 4.79 Å². The first kappa shape index (κ1) is 24.3. The lowest BCUT2D eigenvalue weighted by atomic mass is 10.0. The minimum absolute atomic E-state index is 0.131. The van der Waals surface area contributed by atoms with Crippen molar-refractivity contribution in [2.24, 2.45) is 0 Å². The molecular weight excluding hydrogens is 360 g/mol. The molecule has 0 saturated carbocycles. The van der Waals surface area contributed by atoms with E-state index in [1.54, 1.807) is 12.2 Å². The SMILES string of the molecule is CC/C=C\C[C@H](O)[C@@H]1C[C@@H](O)[C@H](/C=C/[C@@H](O)C/C=C\C/C=C\CCC(=O)O)O1. The molecule has 0 amide bonds. The Morgan fingerprint density at radius 1 is 1.11 bits per heavy atom. The Labute approximate surface area is 167 Å². The van der Waals surface area contributed by atoms with Gasteiger partial charge < -0.3 is 25.2 Å². The van der Waals surface area contributed by atoms with Crippen molar-refractivity contribution in [3.05, 3.63) is 48.6 Å². The van der Waals surface area contributed by atoms with Crippen LogP contribution in [-0.4, -0.2) is 56.9 Å². The molecule has 0 spiro atoms. The lowest BCUT2D eigenvalue weighted by molar-refractivity contribution is -0.136. The highest BCUT2D eigenvalue weighted by molar-refractivity contribution is 5.66. The van der Waals surface area contributed by atoms with Gasteiger partial charge in [0.25, 0.3) is 0 Å². The summed E-state index contributed by atoms with van der Waals surface area (Å²) >= 11 is 0. The minimum atomic E-state index is -0.805. The molecule has 0 radical (unpaired) electrons.